The minimum absolute atomic E-state index is 0.0332. The van der Waals surface area contributed by atoms with E-state index in [9.17, 15) is 0 Å². The molecule has 1 aliphatic heterocycles. The zero-order chi connectivity index (χ0) is 13.1. The number of piperazine rings is 1. The third-order valence-electron chi connectivity index (χ3n) is 3.44. The Hall–Kier alpha value is -0.120. The molecule has 1 atom stereocenters. The Labute approximate surface area is 107 Å². The quantitative estimate of drug-likeness (QED) is 0.817. The number of hydrogen-bond donors (Lipinski definition) is 1. The summed E-state index contributed by atoms with van der Waals surface area (Å²) in [4.78, 5) is 2.53. The molecule has 1 unspecified atom stereocenters. The molecule has 0 aromatic heterocycles. The summed E-state index contributed by atoms with van der Waals surface area (Å²) in [6.45, 7) is 18.5. The van der Waals surface area contributed by atoms with Gasteiger partial charge in [-0.3, -0.25) is 4.90 Å². The van der Waals surface area contributed by atoms with Crippen LogP contribution >= 0.6 is 0 Å². The van der Waals surface area contributed by atoms with E-state index in [0.29, 0.717) is 11.5 Å². The summed E-state index contributed by atoms with van der Waals surface area (Å²) in [5.41, 5.74) is 0.295. The summed E-state index contributed by atoms with van der Waals surface area (Å²) in [6, 6.07) is 0.577. The molecular formula is C14H30N2O. The Morgan fingerprint density at radius 1 is 1.24 bits per heavy atom. The molecule has 17 heavy (non-hydrogen) atoms. The van der Waals surface area contributed by atoms with Gasteiger partial charge < -0.3 is 10.1 Å². The van der Waals surface area contributed by atoms with Crippen LogP contribution in [0.3, 0.4) is 0 Å². The average Bonchev–Trinajstić information content (AvgIpc) is 2.15. The summed E-state index contributed by atoms with van der Waals surface area (Å²) >= 11 is 0. The molecule has 1 aliphatic rings. The first kappa shape index (κ1) is 14.9. The van der Waals surface area contributed by atoms with E-state index in [4.69, 9.17) is 4.74 Å². The van der Waals surface area contributed by atoms with Crippen LogP contribution in [0.2, 0.25) is 0 Å². The van der Waals surface area contributed by atoms with Crippen molar-refractivity contribution < 1.29 is 4.74 Å². The van der Waals surface area contributed by atoms with Gasteiger partial charge in [-0.05, 0) is 26.2 Å². The molecule has 0 spiro atoms. The van der Waals surface area contributed by atoms with Crippen molar-refractivity contribution in [2.24, 2.45) is 5.41 Å². The summed E-state index contributed by atoms with van der Waals surface area (Å²) < 4.78 is 5.79. The number of nitrogens with one attached hydrogen (secondary N) is 1. The van der Waals surface area contributed by atoms with E-state index >= 15 is 0 Å². The molecule has 1 fully saturated rings. The lowest BCUT2D eigenvalue weighted by Crippen LogP contribution is -2.58. The first-order valence-corrected chi connectivity index (χ1v) is 6.84. The monoisotopic (exact) mass is 242 g/mol. The lowest BCUT2D eigenvalue weighted by Gasteiger charge is -2.43. The summed E-state index contributed by atoms with van der Waals surface area (Å²) in [6.07, 6.45) is 0. The molecule has 0 aliphatic carbocycles. The van der Waals surface area contributed by atoms with E-state index in [1.165, 1.54) is 0 Å². The van der Waals surface area contributed by atoms with Crippen molar-refractivity contribution >= 4 is 0 Å². The van der Waals surface area contributed by atoms with Gasteiger partial charge in [0, 0.05) is 38.8 Å². The van der Waals surface area contributed by atoms with Crippen LogP contribution in [0.1, 0.15) is 41.5 Å². The highest BCUT2D eigenvalue weighted by molar-refractivity contribution is 4.89. The van der Waals surface area contributed by atoms with Crippen molar-refractivity contribution in [3.8, 4) is 0 Å². The van der Waals surface area contributed by atoms with E-state index in [1.807, 2.05) is 0 Å². The zero-order valence-electron chi connectivity index (χ0n) is 12.5. The molecule has 1 heterocycles. The predicted molar refractivity (Wildman–Crippen MR) is 73.4 cm³/mol. The van der Waals surface area contributed by atoms with Crippen molar-refractivity contribution in [3.63, 3.8) is 0 Å². The zero-order valence-corrected chi connectivity index (χ0v) is 12.5. The first-order chi connectivity index (χ1) is 7.74. The third-order valence-corrected chi connectivity index (χ3v) is 3.44. The maximum Gasteiger partial charge on any atom is 0.0752 e. The molecule has 0 aromatic carbocycles. The van der Waals surface area contributed by atoms with E-state index < -0.39 is 0 Å². The van der Waals surface area contributed by atoms with Gasteiger partial charge in [-0.2, -0.15) is 0 Å². The Balaban J connectivity index is 2.50. The van der Waals surface area contributed by atoms with Gasteiger partial charge in [0.2, 0.25) is 0 Å². The topological polar surface area (TPSA) is 24.5 Å². The van der Waals surface area contributed by atoms with Crippen LogP contribution in [0.5, 0.6) is 0 Å². The van der Waals surface area contributed by atoms with Gasteiger partial charge in [-0.25, -0.2) is 0 Å². The lowest BCUT2D eigenvalue weighted by molar-refractivity contribution is -0.0415. The van der Waals surface area contributed by atoms with E-state index in [2.05, 4.69) is 51.8 Å². The lowest BCUT2D eigenvalue weighted by atomic mass is 9.85. The second-order valence-corrected chi connectivity index (χ2v) is 6.80. The molecule has 0 radical (unpaired) electrons. The van der Waals surface area contributed by atoms with Gasteiger partial charge in [0.05, 0.1) is 5.60 Å². The molecule has 0 aromatic rings. The molecule has 102 valence electrons. The standard InChI is InChI=1S/C14H30N2O/c1-7-17-14(5,6)11-16-9-8-15-12(10-16)13(2,3)4/h12,15H,7-11H2,1-6H3. The van der Waals surface area contributed by atoms with Gasteiger partial charge >= 0.3 is 0 Å². The highest BCUT2D eigenvalue weighted by atomic mass is 16.5. The number of hydrogen-bond acceptors (Lipinski definition) is 3. The molecule has 1 N–H and O–H groups in total. The molecule has 1 saturated heterocycles. The molecule has 3 heteroatoms. The van der Waals surface area contributed by atoms with Crippen LogP contribution in [0.4, 0.5) is 0 Å². The molecular weight excluding hydrogens is 212 g/mol. The van der Waals surface area contributed by atoms with Crippen LogP contribution in [0.25, 0.3) is 0 Å². The van der Waals surface area contributed by atoms with Crippen molar-refractivity contribution in [1.29, 1.82) is 0 Å². The SMILES string of the molecule is CCOC(C)(C)CN1CCNC(C(C)(C)C)C1. The summed E-state index contributed by atoms with van der Waals surface area (Å²) in [7, 11) is 0. The van der Waals surface area contributed by atoms with Crippen molar-refractivity contribution in [3.05, 3.63) is 0 Å². The molecule has 3 nitrogen and oxygen atoms in total. The average molecular weight is 242 g/mol. The Morgan fingerprint density at radius 2 is 1.88 bits per heavy atom. The Kier molecular flexibility index (Phi) is 4.99. The van der Waals surface area contributed by atoms with E-state index in [0.717, 1.165) is 32.8 Å². The van der Waals surface area contributed by atoms with Gasteiger partial charge in [0.15, 0.2) is 0 Å². The fraction of sp³-hybridized carbons (Fsp3) is 1.00. The first-order valence-electron chi connectivity index (χ1n) is 6.84. The fourth-order valence-electron chi connectivity index (χ4n) is 2.51. The smallest absolute Gasteiger partial charge is 0.0752 e. The van der Waals surface area contributed by atoms with Crippen LogP contribution in [0.15, 0.2) is 0 Å². The van der Waals surface area contributed by atoms with Gasteiger partial charge in [0.1, 0.15) is 0 Å². The van der Waals surface area contributed by atoms with Gasteiger partial charge in [-0.1, -0.05) is 20.8 Å². The maximum absolute atomic E-state index is 5.79. The minimum atomic E-state index is -0.0332. The summed E-state index contributed by atoms with van der Waals surface area (Å²) in [5, 5.41) is 3.62. The molecule has 0 bridgehead atoms. The maximum atomic E-state index is 5.79. The second kappa shape index (κ2) is 5.68. The van der Waals surface area contributed by atoms with E-state index in [-0.39, 0.29) is 5.60 Å². The second-order valence-electron chi connectivity index (χ2n) is 6.80. The minimum Gasteiger partial charge on any atom is -0.375 e. The predicted octanol–water partition coefficient (Wildman–Crippen LogP) is 2.12. The van der Waals surface area contributed by atoms with Crippen LogP contribution in [-0.4, -0.2) is 49.3 Å². The van der Waals surface area contributed by atoms with Crippen molar-refractivity contribution in [1.82, 2.24) is 10.2 Å². The molecule has 0 amide bonds. The van der Waals surface area contributed by atoms with Crippen molar-refractivity contribution in [2.75, 3.05) is 32.8 Å². The Morgan fingerprint density at radius 3 is 2.41 bits per heavy atom. The molecule has 1 rings (SSSR count). The third kappa shape index (κ3) is 4.94. The fourth-order valence-corrected chi connectivity index (χ4v) is 2.51. The molecule has 0 saturated carbocycles. The van der Waals surface area contributed by atoms with E-state index in [1.54, 1.807) is 0 Å². The summed E-state index contributed by atoms with van der Waals surface area (Å²) in [5.74, 6) is 0. The number of rotatable bonds is 4. The van der Waals surface area contributed by atoms with Crippen molar-refractivity contribution in [2.45, 2.75) is 53.2 Å². The van der Waals surface area contributed by atoms with Crippen LogP contribution < -0.4 is 5.32 Å². The van der Waals surface area contributed by atoms with Gasteiger partial charge in [-0.15, -0.1) is 0 Å². The number of nitrogens with zero attached hydrogens (tertiary/aromatic N) is 1. The number of ether oxygens (including phenoxy) is 1. The highest BCUT2D eigenvalue weighted by Crippen LogP contribution is 2.23. The highest BCUT2D eigenvalue weighted by Gasteiger charge is 2.31. The largest absolute Gasteiger partial charge is 0.375 e. The normalized spacial score (nSPS) is 24.0. The van der Waals surface area contributed by atoms with Crippen LogP contribution in [0, 0.1) is 5.41 Å². The van der Waals surface area contributed by atoms with Gasteiger partial charge in [0.25, 0.3) is 0 Å². The van der Waals surface area contributed by atoms with Crippen LogP contribution in [-0.2, 0) is 4.74 Å². The Bertz CT molecular complexity index is 233.